The summed E-state index contributed by atoms with van der Waals surface area (Å²) >= 11 is 1.74. The van der Waals surface area contributed by atoms with Gasteiger partial charge in [0.25, 0.3) is 0 Å². The first-order valence-electron chi connectivity index (χ1n) is 6.04. The van der Waals surface area contributed by atoms with Gasteiger partial charge in [0.1, 0.15) is 11.4 Å². The molecule has 1 aliphatic heterocycles. The van der Waals surface area contributed by atoms with E-state index in [4.69, 9.17) is 5.73 Å². The van der Waals surface area contributed by atoms with Crippen LogP contribution >= 0.6 is 11.3 Å². The molecule has 2 aliphatic rings. The standard InChI is InChI=1S/C13H15N3OS/c1-2-7-16-12(17)15-11(14)13(16)6-3-4-10-9(13)5-8-18-10/h2,5,8H,1,3-4,6-7H2,(H2,14,15,17). The van der Waals surface area contributed by atoms with E-state index in [0.717, 1.165) is 24.8 Å². The highest BCUT2D eigenvalue weighted by Gasteiger charge is 2.51. The first-order chi connectivity index (χ1) is 8.70. The molecule has 2 amide bonds. The van der Waals surface area contributed by atoms with E-state index in [1.165, 1.54) is 4.88 Å². The van der Waals surface area contributed by atoms with E-state index in [1.54, 1.807) is 22.3 Å². The number of amidine groups is 1. The predicted octanol–water partition coefficient (Wildman–Crippen LogP) is 2.26. The van der Waals surface area contributed by atoms with Gasteiger partial charge >= 0.3 is 6.03 Å². The minimum Gasteiger partial charge on any atom is -0.385 e. The van der Waals surface area contributed by atoms with Crippen molar-refractivity contribution in [3.63, 3.8) is 0 Å². The highest BCUT2D eigenvalue weighted by Crippen LogP contribution is 2.45. The molecule has 1 aromatic heterocycles. The first kappa shape index (κ1) is 11.5. The van der Waals surface area contributed by atoms with Crippen LogP contribution in [0.3, 0.4) is 0 Å². The Morgan fingerprint density at radius 2 is 2.50 bits per heavy atom. The van der Waals surface area contributed by atoms with Crippen molar-refractivity contribution in [2.45, 2.75) is 24.8 Å². The average Bonchev–Trinajstić information content (AvgIpc) is 2.90. The molecule has 5 heteroatoms. The summed E-state index contributed by atoms with van der Waals surface area (Å²) in [4.78, 5) is 19.0. The number of rotatable bonds is 2. The molecule has 1 aliphatic carbocycles. The van der Waals surface area contributed by atoms with E-state index < -0.39 is 5.54 Å². The third-order valence-corrected chi connectivity index (χ3v) is 4.76. The van der Waals surface area contributed by atoms with Crippen molar-refractivity contribution >= 4 is 23.2 Å². The smallest absolute Gasteiger partial charge is 0.346 e. The Labute approximate surface area is 110 Å². The van der Waals surface area contributed by atoms with Gasteiger partial charge in [0, 0.05) is 11.4 Å². The van der Waals surface area contributed by atoms with E-state index in [0.29, 0.717) is 12.4 Å². The molecule has 3 rings (SSSR count). The van der Waals surface area contributed by atoms with Crippen LogP contribution in [0.4, 0.5) is 4.79 Å². The molecule has 0 saturated heterocycles. The van der Waals surface area contributed by atoms with Crippen molar-refractivity contribution in [1.29, 1.82) is 0 Å². The maximum Gasteiger partial charge on any atom is 0.346 e. The van der Waals surface area contributed by atoms with Crippen LogP contribution in [0.2, 0.25) is 0 Å². The fourth-order valence-electron chi connectivity index (χ4n) is 3.01. The lowest BCUT2D eigenvalue weighted by Crippen LogP contribution is -2.53. The van der Waals surface area contributed by atoms with Gasteiger partial charge in [0.15, 0.2) is 0 Å². The maximum absolute atomic E-state index is 12.0. The van der Waals surface area contributed by atoms with Gasteiger partial charge in [0.2, 0.25) is 0 Å². The van der Waals surface area contributed by atoms with Crippen molar-refractivity contribution < 1.29 is 4.79 Å². The lowest BCUT2D eigenvalue weighted by molar-refractivity contribution is 0.169. The summed E-state index contributed by atoms with van der Waals surface area (Å²) in [7, 11) is 0. The van der Waals surface area contributed by atoms with Gasteiger partial charge in [-0.2, -0.15) is 4.99 Å². The summed E-state index contributed by atoms with van der Waals surface area (Å²) < 4.78 is 0. The molecule has 2 N–H and O–H groups in total. The SMILES string of the molecule is C=CCN1C(=O)N=C(N)C12CCCc1sccc12. The van der Waals surface area contributed by atoms with Crippen LogP contribution in [-0.4, -0.2) is 23.3 Å². The normalized spacial score (nSPS) is 26.3. The number of nitrogens with zero attached hydrogens (tertiary/aromatic N) is 2. The third kappa shape index (κ3) is 1.31. The van der Waals surface area contributed by atoms with Gasteiger partial charge in [-0.3, -0.25) is 0 Å². The second-order valence-corrected chi connectivity index (χ2v) is 5.65. The number of urea groups is 1. The molecule has 0 bridgehead atoms. The largest absolute Gasteiger partial charge is 0.385 e. The van der Waals surface area contributed by atoms with Gasteiger partial charge in [-0.25, -0.2) is 4.79 Å². The summed E-state index contributed by atoms with van der Waals surface area (Å²) in [6.07, 6.45) is 4.68. The predicted molar refractivity (Wildman–Crippen MR) is 72.9 cm³/mol. The summed E-state index contributed by atoms with van der Waals surface area (Å²) in [6.45, 7) is 4.21. The highest BCUT2D eigenvalue weighted by atomic mass is 32.1. The number of thiophene rings is 1. The Morgan fingerprint density at radius 1 is 1.67 bits per heavy atom. The summed E-state index contributed by atoms with van der Waals surface area (Å²) in [5.41, 5.74) is 6.73. The number of carbonyl (C=O) groups is 1. The zero-order valence-corrected chi connectivity index (χ0v) is 10.9. The molecule has 0 radical (unpaired) electrons. The molecular formula is C13H15N3OS. The number of fused-ring (bicyclic) bond motifs is 2. The molecule has 1 unspecified atom stereocenters. The van der Waals surface area contributed by atoms with Gasteiger partial charge in [-0.1, -0.05) is 6.08 Å². The van der Waals surface area contributed by atoms with Crippen LogP contribution in [-0.2, 0) is 12.0 Å². The fraction of sp³-hybridized carbons (Fsp3) is 0.385. The highest BCUT2D eigenvalue weighted by molar-refractivity contribution is 7.10. The van der Waals surface area contributed by atoms with Crippen LogP contribution < -0.4 is 5.73 Å². The Morgan fingerprint density at radius 3 is 3.28 bits per heavy atom. The van der Waals surface area contributed by atoms with E-state index in [1.807, 2.05) is 0 Å². The molecule has 2 heterocycles. The topological polar surface area (TPSA) is 58.7 Å². The van der Waals surface area contributed by atoms with Crippen LogP contribution in [0.25, 0.3) is 0 Å². The first-order valence-corrected chi connectivity index (χ1v) is 6.92. The van der Waals surface area contributed by atoms with Gasteiger partial charge in [-0.05, 0) is 36.3 Å². The maximum atomic E-state index is 12.0. The van der Waals surface area contributed by atoms with Gasteiger partial charge in [-0.15, -0.1) is 17.9 Å². The van der Waals surface area contributed by atoms with Crippen LogP contribution in [0.5, 0.6) is 0 Å². The van der Waals surface area contributed by atoms with Crippen molar-refractivity contribution in [2.75, 3.05) is 6.54 Å². The summed E-state index contributed by atoms with van der Waals surface area (Å²) in [6, 6.07) is 1.84. The van der Waals surface area contributed by atoms with Crippen molar-refractivity contribution in [3.8, 4) is 0 Å². The molecule has 0 aromatic carbocycles. The van der Waals surface area contributed by atoms with E-state index >= 15 is 0 Å². The molecule has 1 aromatic rings. The number of carbonyl (C=O) groups excluding carboxylic acids is 1. The zero-order valence-electron chi connectivity index (χ0n) is 10.1. The van der Waals surface area contributed by atoms with Crippen molar-refractivity contribution in [3.05, 3.63) is 34.5 Å². The minimum atomic E-state index is -0.515. The minimum absolute atomic E-state index is 0.244. The van der Waals surface area contributed by atoms with Crippen LogP contribution in [0.15, 0.2) is 29.1 Å². The van der Waals surface area contributed by atoms with Crippen molar-refractivity contribution in [1.82, 2.24) is 4.90 Å². The second-order valence-electron chi connectivity index (χ2n) is 4.65. The molecule has 18 heavy (non-hydrogen) atoms. The van der Waals surface area contributed by atoms with E-state index in [2.05, 4.69) is 23.0 Å². The third-order valence-electron chi connectivity index (χ3n) is 3.78. The Bertz CT molecular complexity index is 548. The number of nitrogens with two attached hydrogens (primary N) is 1. The van der Waals surface area contributed by atoms with E-state index in [9.17, 15) is 4.79 Å². The lowest BCUT2D eigenvalue weighted by Gasteiger charge is -2.40. The van der Waals surface area contributed by atoms with Crippen LogP contribution in [0, 0.1) is 0 Å². The van der Waals surface area contributed by atoms with Gasteiger partial charge < -0.3 is 10.6 Å². The zero-order chi connectivity index (χ0) is 12.8. The Kier molecular flexibility index (Phi) is 2.52. The number of hydrogen-bond donors (Lipinski definition) is 1. The van der Waals surface area contributed by atoms with Gasteiger partial charge in [0.05, 0.1) is 0 Å². The summed E-state index contributed by atoms with van der Waals surface area (Å²) in [5, 5.41) is 2.07. The average molecular weight is 261 g/mol. The number of hydrogen-bond acceptors (Lipinski definition) is 3. The lowest BCUT2D eigenvalue weighted by atomic mass is 9.78. The molecule has 4 nitrogen and oxygen atoms in total. The monoisotopic (exact) mass is 261 g/mol. The molecule has 94 valence electrons. The molecule has 1 atom stereocenters. The molecule has 0 saturated carbocycles. The Hall–Kier alpha value is -1.62. The van der Waals surface area contributed by atoms with Crippen molar-refractivity contribution in [2.24, 2.45) is 10.7 Å². The number of aryl methyl sites for hydroxylation is 1. The molecule has 0 fully saturated rings. The number of amides is 2. The quantitative estimate of drug-likeness (QED) is 0.830. The fourth-order valence-corrected chi connectivity index (χ4v) is 4.00. The summed E-state index contributed by atoms with van der Waals surface area (Å²) in [5.74, 6) is 0.439. The molecule has 1 spiro atoms. The van der Waals surface area contributed by atoms with E-state index in [-0.39, 0.29) is 6.03 Å². The van der Waals surface area contributed by atoms with Crippen LogP contribution in [0.1, 0.15) is 23.3 Å². The number of aliphatic imine (C=N–C) groups is 1. The second kappa shape index (κ2) is 3.95. The molecular weight excluding hydrogens is 246 g/mol. The Balaban J connectivity index is 2.17.